The molecule has 0 saturated carbocycles. The predicted octanol–water partition coefficient (Wildman–Crippen LogP) is 2.08. The summed E-state index contributed by atoms with van der Waals surface area (Å²) in [5.41, 5.74) is 0. The lowest BCUT2D eigenvalue weighted by molar-refractivity contribution is 0.529. The van der Waals surface area contributed by atoms with Crippen LogP contribution in [0.3, 0.4) is 0 Å². The summed E-state index contributed by atoms with van der Waals surface area (Å²) in [6.45, 7) is 0.899. The molecule has 13 heavy (non-hydrogen) atoms. The van der Waals surface area contributed by atoms with Crippen LogP contribution in [-0.4, -0.2) is 30.2 Å². The van der Waals surface area contributed by atoms with Crippen LogP contribution < -0.4 is 0 Å². The van der Waals surface area contributed by atoms with Crippen molar-refractivity contribution in [2.75, 3.05) is 13.6 Å². The summed E-state index contributed by atoms with van der Waals surface area (Å²) < 4.78 is 0. The van der Waals surface area contributed by atoms with Crippen LogP contribution >= 0.6 is 11.8 Å². The molecule has 1 heterocycles. The summed E-state index contributed by atoms with van der Waals surface area (Å²) in [4.78, 5) is 7.68. The zero-order chi connectivity index (χ0) is 9.10. The Morgan fingerprint density at radius 3 is 2.77 bits per heavy atom. The summed E-state index contributed by atoms with van der Waals surface area (Å²) in [6.07, 6.45) is 1.90. The summed E-state index contributed by atoms with van der Waals surface area (Å²) >= 11 is 1.86. The molecule has 0 bridgehead atoms. The van der Waals surface area contributed by atoms with Crippen molar-refractivity contribution in [3.8, 4) is 0 Å². The van der Waals surface area contributed by atoms with Crippen molar-refractivity contribution < 1.29 is 0 Å². The van der Waals surface area contributed by atoms with Crippen molar-refractivity contribution >= 4 is 18.1 Å². The summed E-state index contributed by atoms with van der Waals surface area (Å²) in [5, 5.41) is 0.474. The number of thioether (sulfide) groups is 1. The molecule has 1 aliphatic heterocycles. The van der Waals surface area contributed by atoms with Crippen molar-refractivity contribution in [1.82, 2.24) is 4.90 Å². The Hall–Kier alpha value is -0.960. The molecule has 0 radical (unpaired) electrons. The molecule has 0 N–H and O–H groups in total. The molecule has 0 aliphatic carbocycles. The number of benzene rings is 1. The highest BCUT2D eigenvalue weighted by Gasteiger charge is 2.17. The minimum absolute atomic E-state index is 0.474. The fourth-order valence-electron chi connectivity index (χ4n) is 1.25. The first-order chi connectivity index (χ1) is 6.36. The molecular formula is C10H12N2S. The molecule has 1 atom stereocenters. The van der Waals surface area contributed by atoms with E-state index in [0.717, 1.165) is 6.54 Å². The average molecular weight is 192 g/mol. The average Bonchev–Trinajstić information content (AvgIpc) is 2.54. The molecule has 1 aliphatic rings. The second-order valence-corrected chi connectivity index (χ2v) is 4.28. The van der Waals surface area contributed by atoms with E-state index >= 15 is 0 Å². The maximum absolute atomic E-state index is 4.22. The van der Waals surface area contributed by atoms with E-state index in [-0.39, 0.29) is 0 Å². The Bertz CT molecular complexity index is 297. The summed E-state index contributed by atoms with van der Waals surface area (Å²) in [7, 11) is 2.07. The van der Waals surface area contributed by atoms with Gasteiger partial charge in [0.05, 0.1) is 18.3 Å². The van der Waals surface area contributed by atoms with Crippen LogP contribution in [0.2, 0.25) is 0 Å². The Kier molecular flexibility index (Phi) is 2.54. The fraction of sp³-hybridized carbons (Fsp3) is 0.300. The molecule has 3 heteroatoms. The molecule has 0 fully saturated rings. The largest absolute Gasteiger partial charge is 0.352 e. The van der Waals surface area contributed by atoms with Crippen LogP contribution in [0.5, 0.6) is 0 Å². The van der Waals surface area contributed by atoms with E-state index in [2.05, 4.69) is 41.2 Å². The van der Waals surface area contributed by atoms with Crippen LogP contribution in [-0.2, 0) is 0 Å². The van der Waals surface area contributed by atoms with Gasteiger partial charge in [0.2, 0.25) is 0 Å². The zero-order valence-corrected chi connectivity index (χ0v) is 8.37. The summed E-state index contributed by atoms with van der Waals surface area (Å²) in [5.74, 6) is 0. The minimum atomic E-state index is 0.474. The first kappa shape index (κ1) is 8.63. The molecule has 1 unspecified atom stereocenters. The Labute approximate surface area is 82.7 Å². The van der Waals surface area contributed by atoms with Crippen LogP contribution in [0, 0.1) is 0 Å². The summed E-state index contributed by atoms with van der Waals surface area (Å²) in [6, 6.07) is 10.4. The number of rotatable bonds is 2. The maximum Gasteiger partial charge on any atom is 0.0997 e. The molecule has 0 saturated heterocycles. The van der Waals surface area contributed by atoms with Crippen molar-refractivity contribution in [2.24, 2.45) is 4.99 Å². The van der Waals surface area contributed by atoms with E-state index in [1.165, 1.54) is 4.90 Å². The van der Waals surface area contributed by atoms with Crippen LogP contribution in [0.25, 0.3) is 0 Å². The van der Waals surface area contributed by atoms with E-state index in [1.807, 2.05) is 24.2 Å². The Balaban J connectivity index is 1.99. The van der Waals surface area contributed by atoms with Gasteiger partial charge in [-0.3, -0.25) is 4.99 Å². The SMILES string of the molecule is CN1C=NCC1Sc1ccccc1. The van der Waals surface area contributed by atoms with E-state index in [1.54, 1.807) is 0 Å². The highest BCUT2D eigenvalue weighted by molar-refractivity contribution is 8.00. The van der Waals surface area contributed by atoms with E-state index in [0.29, 0.717) is 5.37 Å². The second-order valence-electron chi connectivity index (χ2n) is 3.03. The third-order valence-electron chi connectivity index (χ3n) is 1.99. The van der Waals surface area contributed by atoms with Gasteiger partial charge in [-0.05, 0) is 12.1 Å². The quantitative estimate of drug-likeness (QED) is 0.713. The smallest absolute Gasteiger partial charge is 0.0997 e. The first-order valence-electron chi connectivity index (χ1n) is 4.30. The van der Waals surface area contributed by atoms with Crippen molar-refractivity contribution in [1.29, 1.82) is 0 Å². The van der Waals surface area contributed by atoms with Crippen LogP contribution in [0.1, 0.15) is 0 Å². The maximum atomic E-state index is 4.22. The first-order valence-corrected chi connectivity index (χ1v) is 5.18. The normalized spacial score (nSPS) is 21.0. The molecular weight excluding hydrogens is 180 g/mol. The lowest BCUT2D eigenvalue weighted by atomic mass is 10.4. The van der Waals surface area contributed by atoms with Crippen molar-refractivity contribution in [3.05, 3.63) is 30.3 Å². The molecule has 0 spiro atoms. The highest BCUT2D eigenvalue weighted by Crippen LogP contribution is 2.26. The Morgan fingerprint density at radius 1 is 1.38 bits per heavy atom. The van der Waals surface area contributed by atoms with Gasteiger partial charge in [-0.1, -0.05) is 30.0 Å². The molecule has 2 rings (SSSR count). The van der Waals surface area contributed by atoms with Crippen molar-refractivity contribution in [2.45, 2.75) is 10.3 Å². The van der Waals surface area contributed by atoms with Gasteiger partial charge in [-0.2, -0.15) is 0 Å². The predicted molar refractivity (Wildman–Crippen MR) is 57.2 cm³/mol. The van der Waals surface area contributed by atoms with Gasteiger partial charge >= 0.3 is 0 Å². The highest BCUT2D eigenvalue weighted by atomic mass is 32.2. The van der Waals surface area contributed by atoms with Gasteiger partial charge in [0, 0.05) is 11.9 Å². The number of aliphatic imine (C=N–C) groups is 1. The molecule has 68 valence electrons. The molecule has 1 aromatic rings. The second kappa shape index (κ2) is 3.83. The minimum Gasteiger partial charge on any atom is -0.352 e. The van der Waals surface area contributed by atoms with Crippen LogP contribution in [0.4, 0.5) is 0 Å². The topological polar surface area (TPSA) is 15.6 Å². The van der Waals surface area contributed by atoms with E-state index < -0.39 is 0 Å². The van der Waals surface area contributed by atoms with Gasteiger partial charge in [0.25, 0.3) is 0 Å². The van der Waals surface area contributed by atoms with E-state index in [4.69, 9.17) is 0 Å². The van der Waals surface area contributed by atoms with Gasteiger partial charge in [-0.25, -0.2) is 0 Å². The van der Waals surface area contributed by atoms with Crippen LogP contribution in [0.15, 0.2) is 40.2 Å². The van der Waals surface area contributed by atoms with E-state index in [9.17, 15) is 0 Å². The monoisotopic (exact) mass is 192 g/mol. The third-order valence-corrected chi connectivity index (χ3v) is 3.29. The molecule has 0 aromatic heterocycles. The zero-order valence-electron chi connectivity index (χ0n) is 7.55. The van der Waals surface area contributed by atoms with Gasteiger partial charge in [0.1, 0.15) is 0 Å². The standard InChI is InChI=1S/C10H12N2S/c1-12-8-11-7-10(12)13-9-5-3-2-4-6-9/h2-6,8,10H,7H2,1H3. The number of hydrogen-bond donors (Lipinski definition) is 0. The van der Waals surface area contributed by atoms with Gasteiger partial charge in [-0.15, -0.1) is 0 Å². The molecule has 2 nitrogen and oxygen atoms in total. The lowest BCUT2D eigenvalue weighted by Crippen LogP contribution is -2.23. The van der Waals surface area contributed by atoms with Crippen molar-refractivity contribution in [3.63, 3.8) is 0 Å². The number of hydrogen-bond acceptors (Lipinski definition) is 3. The number of likely N-dealkylation sites (N-methyl/N-ethyl adjacent to an activating group) is 1. The molecule has 0 amide bonds. The lowest BCUT2D eigenvalue weighted by Gasteiger charge is -2.17. The van der Waals surface area contributed by atoms with Gasteiger partial charge in [0.15, 0.2) is 0 Å². The Morgan fingerprint density at radius 2 is 2.15 bits per heavy atom. The number of nitrogens with zero attached hydrogens (tertiary/aromatic N) is 2. The fourth-order valence-corrected chi connectivity index (χ4v) is 2.26. The molecule has 1 aromatic carbocycles. The third kappa shape index (κ3) is 2.04. The van der Waals surface area contributed by atoms with Gasteiger partial charge < -0.3 is 4.90 Å².